The maximum absolute atomic E-state index is 11.7. The molecule has 1 spiro atoms. The number of carbonyl (C=O) groups is 1. The van der Waals surface area contributed by atoms with Crippen LogP contribution in [0.1, 0.15) is 51.7 Å². The van der Waals surface area contributed by atoms with Gasteiger partial charge in [0.05, 0.1) is 13.1 Å². The van der Waals surface area contributed by atoms with Gasteiger partial charge in [-0.15, -0.1) is 0 Å². The van der Waals surface area contributed by atoms with Crippen LogP contribution in [0.25, 0.3) is 0 Å². The van der Waals surface area contributed by atoms with Crippen molar-refractivity contribution in [3.05, 3.63) is 11.7 Å². The Kier molecular flexibility index (Phi) is 4.08. The molecule has 2 saturated heterocycles. The van der Waals surface area contributed by atoms with E-state index in [9.17, 15) is 4.79 Å². The summed E-state index contributed by atoms with van der Waals surface area (Å²) in [6.07, 6.45) is 2.57. The minimum absolute atomic E-state index is 0.128. The molecule has 1 atom stereocenters. The first kappa shape index (κ1) is 16.2. The van der Waals surface area contributed by atoms with E-state index in [0.29, 0.717) is 19.0 Å². The molecule has 128 valence electrons. The van der Waals surface area contributed by atoms with Gasteiger partial charge in [0.1, 0.15) is 5.60 Å². The highest BCUT2D eigenvalue weighted by molar-refractivity contribution is 5.70. The van der Waals surface area contributed by atoms with Crippen LogP contribution < -0.4 is 0 Å². The van der Waals surface area contributed by atoms with Gasteiger partial charge in [0.2, 0.25) is 5.89 Å². The number of ether oxygens (including phenoxy) is 1. The summed E-state index contributed by atoms with van der Waals surface area (Å²) < 4.78 is 11.0. The molecular weight excluding hydrogens is 296 g/mol. The van der Waals surface area contributed by atoms with Crippen molar-refractivity contribution in [3.63, 3.8) is 0 Å². The first-order valence-corrected chi connectivity index (χ1v) is 8.27. The Morgan fingerprint density at radius 2 is 2.04 bits per heavy atom. The molecule has 23 heavy (non-hydrogen) atoms. The number of carbonyl (C=O) groups excluding carboxylic acids is 1. The van der Waals surface area contributed by atoms with E-state index in [-0.39, 0.29) is 17.1 Å². The molecule has 0 unspecified atom stereocenters. The van der Waals surface area contributed by atoms with Crippen molar-refractivity contribution in [2.75, 3.05) is 26.7 Å². The molecule has 3 rings (SSSR count). The summed E-state index contributed by atoms with van der Waals surface area (Å²) in [6.45, 7) is 9.39. The van der Waals surface area contributed by atoms with Gasteiger partial charge in [0.25, 0.3) is 0 Å². The number of amides is 1. The Balaban J connectivity index is 1.61. The van der Waals surface area contributed by atoms with Gasteiger partial charge in [-0.3, -0.25) is 4.90 Å². The number of likely N-dealkylation sites (N-methyl/N-ethyl adjacent to an activating group) is 1. The fourth-order valence-corrected chi connectivity index (χ4v) is 3.26. The van der Waals surface area contributed by atoms with Crippen LogP contribution in [0.3, 0.4) is 0 Å². The molecule has 0 aliphatic carbocycles. The predicted octanol–water partition coefficient (Wildman–Crippen LogP) is 2.17. The van der Waals surface area contributed by atoms with Crippen LogP contribution in [0.15, 0.2) is 4.52 Å². The number of hydrogen-bond donors (Lipinski definition) is 0. The summed E-state index contributed by atoms with van der Waals surface area (Å²) in [5, 5.41) is 4.10. The second kappa shape index (κ2) is 5.78. The van der Waals surface area contributed by atoms with Crippen LogP contribution in [0.5, 0.6) is 0 Å². The quantitative estimate of drug-likeness (QED) is 0.831. The van der Waals surface area contributed by atoms with E-state index < -0.39 is 0 Å². The average Bonchev–Trinajstić information content (AvgIpc) is 2.96. The lowest BCUT2D eigenvalue weighted by Gasteiger charge is -2.25. The molecule has 0 saturated carbocycles. The largest absolute Gasteiger partial charge is 0.441 e. The lowest BCUT2D eigenvalue weighted by Crippen LogP contribution is -2.35. The molecule has 0 N–H and O–H groups in total. The zero-order chi connectivity index (χ0) is 16.7. The van der Waals surface area contributed by atoms with Crippen LogP contribution in [-0.2, 0) is 16.7 Å². The zero-order valence-electron chi connectivity index (χ0n) is 14.5. The summed E-state index contributed by atoms with van der Waals surface area (Å²) in [6, 6.07) is 0. The Bertz CT molecular complexity index is 580. The smallest absolute Gasteiger partial charge is 0.410 e. The third kappa shape index (κ3) is 3.49. The Labute approximate surface area is 137 Å². The number of rotatable bonds is 2. The molecule has 1 aromatic rings. The maximum Gasteiger partial charge on any atom is 0.410 e. The molecule has 7 nitrogen and oxygen atoms in total. The van der Waals surface area contributed by atoms with Crippen molar-refractivity contribution in [2.45, 2.75) is 57.6 Å². The molecule has 2 fully saturated rings. The molecule has 3 heterocycles. The molecule has 7 heteroatoms. The Morgan fingerprint density at radius 3 is 2.65 bits per heavy atom. The molecule has 1 aromatic heterocycles. The zero-order valence-corrected chi connectivity index (χ0v) is 14.5. The normalized spacial score (nSPS) is 26.6. The number of likely N-dealkylation sites (tertiary alicyclic amines) is 1. The molecule has 0 bridgehead atoms. The third-order valence-electron chi connectivity index (χ3n) is 4.61. The predicted molar refractivity (Wildman–Crippen MR) is 84.0 cm³/mol. The van der Waals surface area contributed by atoms with Crippen LogP contribution in [0.4, 0.5) is 4.79 Å². The van der Waals surface area contributed by atoms with Crippen LogP contribution in [0.2, 0.25) is 0 Å². The lowest BCUT2D eigenvalue weighted by molar-refractivity contribution is 0.0442. The van der Waals surface area contributed by atoms with Crippen molar-refractivity contribution in [1.29, 1.82) is 0 Å². The number of hydrogen-bond acceptors (Lipinski definition) is 6. The van der Waals surface area contributed by atoms with Gasteiger partial charge in [0, 0.05) is 25.4 Å². The van der Waals surface area contributed by atoms with Gasteiger partial charge >= 0.3 is 6.09 Å². The van der Waals surface area contributed by atoms with Gasteiger partial charge in [-0.2, -0.15) is 4.98 Å². The number of aromatic nitrogens is 2. The monoisotopic (exact) mass is 322 g/mol. The molecule has 0 aromatic carbocycles. The van der Waals surface area contributed by atoms with Gasteiger partial charge in [-0.1, -0.05) is 25.9 Å². The summed E-state index contributed by atoms with van der Waals surface area (Å²) in [5.41, 5.74) is -0.439. The van der Waals surface area contributed by atoms with Crippen LogP contribution >= 0.6 is 0 Å². The standard InChI is InChI=1S/C16H26N4O3/c1-15(2,3)13-17-12(18-23-13)10-20-8-5-6-16(7-9-20)11-19(4)14(21)22-16/h5-11H2,1-4H3/t16-/m0/s1. The Hall–Kier alpha value is -1.63. The average molecular weight is 322 g/mol. The van der Waals surface area contributed by atoms with E-state index in [1.807, 2.05) is 0 Å². The van der Waals surface area contributed by atoms with Crippen LogP contribution in [-0.4, -0.2) is 58.3 Å². The first-order valence-electron chi connectivity index (χ1n) is 8.27. The van der Waals surface area contributed by atoms with E-state index in [2.05, 4.69) is 35.8 Å². The van der Waals surface area contributed by atoms with Crippen molar-refractivity contribution in [1.82, 2.24) is 19.9 Å². The van der Waals surface area contributed by atoms with E-state index in [0.717, 1.165) is 38.2 Å². The molecule has 1 amide bonds. The van der Waals surface area contributed by atoms with E-state index in [1.165, 1.54) is 0 Å². The minimum Gasteiger partial charge on any atom is -0.441 e. The molecule has 0 radical (unpaired) electrons. The van der Waals surface area contributed by atoms with Crippen molar-refractivity contribution in [2.24, 2.45) is 0 Å². The van der Waals surface area contributed by atoms with Gasteiger partial charge in [-0.05, 0) is 19.4 Å². The van der Waals surface area contributed by atoms with Gasteiger partial charge in [0.15, 0.2) is 5.82 Å². The van der Waals surface area contributed by atoms with Gasteiger partial charge < -0.3 is 14.2 Å². The van der Waals surface area contributed by atoms with Crippen LogP contribution in [0, 0.1) is 0 Å². The second-order valence-corrected chi connectivity index (χ2v) is 7.80. The topological polar surface area (TPSA) is 71.7 Å². The summed E-state index contributed by atoms with van der Waals surface area (Å²) in [5.74, 6) is 1.40. The molecular formula is C16H26N4O3. The SMILES string of the molecule is CN1C[C@@]2(CCCN(Cc3noc(C(C)(C)C)n3)CC2)OC1=O. The summed E-state index contributed by atoms with van der Waals surface area (Å²) in [4.78, 5) is 20.2. The second-order valence-electron chi connectivity index (χ2n) is 7.80. The molecule has 2 aliphatic heterocycles. The lowest BCUT2D eigenvalue weighted by atomic mass is 9.95. The van der Waals surface area contributed by atoms with Gasteiger partial charge in [-0.25, -0.2) is 4.79 Å². The fourth-order valence-electron chi connectivity index (χ4n) is 3.26. The third-order valence-corrected chi connectivity index (χ3v) is 4.61. The maximum atomic E-state index is 11.7. The minimum atomic E-state index is -0.311. The van der Waals surface area contributed by atoms with E-state index in [4.69, 9.17) is 9.26 Å². The molecule has 2 aliphatic rings. The van der Waals surface area contributed by atoms with Crippen molar-refractivity contribution >= 4 is 6.09 Å². The number of nitrogens with zero attached hydrogens (tertiary/aromatic N) is 4. The Morgan fingerprint density at radius 1 is 1.26 bits per heavy atom. The highest BCUT2D eigenvalue weighted by atomic mass is 16.6. The fraction of sp³-hybridized carbons (Fsp3) is 0.812. The van der Waals surface area contributed by atoms with E-state index in [1.54, 1.807) is 11.9 Å². The van der Waals surface area contributed by atoms with E-state index >= 15 is 0 Å². The highest BCUT2D eigenvalue weighted by Gasteiger charge is 2.44. The highest BCUT2D eigenvalue weighted by Crippen LogP contribution is 2.32. The summed E-state index contributed by atoms with van der Waals surface area (Å²) in [7, 11) is 1.80. The summed E-state index contributed by atoms with van der Waals surface area (Å²) >= 11 is 0. The van der Waals surface area contributed by atoms with Crippen molar-refractivity contribution < 1.29 is 14.1 Å². The first-order chi connectivity index (χ1) is 10.8. The van der Waals surface area contributed by atoms with Crippen molar-refractivity contribution in [3.8, 4) is 0 Å².